The summed E-state index contributed by atoms with van der Waals surface area (Å²) >= 11 is 6.25. The van der Waals surface area contributed by atoms with Gasteiger partial charge >= 0.3 is 0 Å². The lowest BCUT2D eigenvalue weighted by Crippen LogP contribution is -2.54. The van der Waals surface area contributed by atoms with Gasteiger partial charge in [0.25, 0.3) is 5.91 Å². The zero-order valence-electron chi connectivity index (χ0n) is 18.6. The van der Waals surface area contributed by atoms with E-state index in [-0.39, 0.29) is 11.9 Å². The largest absolute Gasteiger partial charge is 0.437 e. The molecule has 1 atom stereocenters. The van der Waals surface area contributed by atoms with Gasteiger partial charge in [-0.25, -0.2) is 9.97 Å². The fourth-order valence-corrected chi connectivity index (χ4v) is 4.03. The minimum Gasteiger partial charge on any atom is -0.437 e. The molecule has 0 radical (unpaired) electrons. The first kappa shape index (κ1) is 22.1. The first-order valence-electron chi connectivity index (χ1n) is 10.9. The molecule has 0 aliphatic carbocycles. The molecule has 4 rings (SSSR count). The van der Waals surface area contributed by atoms with Crippen molar-refractivity contribution in [2.24, 2.45) is 0 Å². The van der Waals surface area contributed by atoms with Gasteiger partial charge in [0.15, 0.2) is 0 Å². The first-order chi connectivity index (χ1) is 15.4. The number of rotatable bonds is 5. The van der Waals surface area contributed by atoms with Crippen molar-refractivity contribution < 1.29 is 9.53 Å². The van der Waals surface area contributed by atoms with Crippen LogP contribution in [0, 0.1) is 6.92 Å². The van der Waals surface area contributed by atoms with E-state index in [1.54, 1.807) is 0 Å². The molecular weight excluding hydrogens is 424 g/mol. The Balaban J connectivity index is 1.44. The Morgan fingerprint density at radius 1 is 1.12 bits per heavy atom. The summed E-state index contributed by atoms with van der Waals surface area (Å²) in [6.07, 6.45) is 2.45. The van der Waals surface area contributed by atoms with Crippen LogP contribution in [0.25, 0.3) is 0 Å². The molecule has 0 N–H and O–H groups in total. The van der Waals surface area contributed by atoms with Crippen molar-refractivity contribution in [1.29, 1.82) is 0 Å². The number of anilines is 1. The molecule has 1 saturated heterocycles. The van der Waals surface area contributed by atoms with Crippen molar-refractivity contribution in [2.75, 3.05) is 24.5 Å². The van der Waals surface area contributed by atoms with Gasteiger partial charge in [-0.3, -0.25) is 4.79 Å². The molecule has 0 unspecified atom stereocenters. The number of ether oxygens (including phenoxy) is 1. The van der Waals surface area contributed by atoms with Crippen LogP contribution in [0.4, 0.5) is 5.82 Å². The summed E-state index contributed by atoms with van der Waals surface area (Å²) in [5.41, 5.74) is 3.01. The number of hydrogen-bond donors (Lipinski definition) is 0. The highest BCUT2D eigenvalue weighted by atomic mass is 35.5. The molecule has 1 amide bonds. The van der Waals surface area contributed by atoms with E-state index in [2.05, 4.69) is 28.7 Å². The lowest BCUT2D eigenvalue weighted by atomic mass is 10.1. The van der Waals surface area contributed by atoms with E-state index in [0.717, 1.165) is 23.4 Å². The van der Waals surface area contributed by atoms with E-state index < -0.39 is 0 Å². The fourth-order valence-electron chi connectivity index (χ4n) is 3.88. The average molecular weight is 451 g/mol. The summed E-state index contributed by atoms with van der Waals surface area (Å²) in [6.45, 7) is 8.15. The van der Waals surface area contributed by atoms with E-state index in [1.165, 1.54) is 11.9 Å². The standard InChI is InChI=1S/C25H27ClN4O2/c1-4-19-6-8-20(9-7-19)25(31)30-12-11-29(15-18(30)3)23-14-24(28-16-27-23)32-22-13-17(2)5-10-21(22)26/h5-10,13-14,16,18H,4,11-12,15H2,1-3H3/t18-/m1/s1. The number of aryl methyl sites for hydroxylation is 2. The molecule has 0 spiro atoms. The molecule has 2 heterocycles. The summed E-state index contributed by atoms with van der Waals surface area (Å²) in [6, 6.07) is 15.4. The van der Waals surface area contributed by atoms with Crippen molar-refractivity contribution in [3.05, 3.63) is 76.6 Å². The van der Waals surface area contributed by atoms with Gasteiger partial charge in [0, 0.05) is 37.3 Å². The van der Waals surface area contributed by atoms with E-state index in [0.29, 0.717) is 36.3 Å². The van der Waals surface area contributed by atoms with E-state index in [4.69, 9.17) is 16.3 Å². The van der Waals surface area contributed by atoms with E-state index in [9.17, 15) is 4.79 Å². The van der Waals surface area contributed by atoms with Crippen molar-refractivity contribution >= 4 is 23.3 Å². The third kappa shape index (κ3) is 4.86. The van der Waals surface area contributed by atoms with Crippen molar-refractivity contribution in [3.8, 4) is 11.6 Å². The number of amides is 1. The van der Waals surface area contributed by atoms with Gasteiger partial charge in [0.05, 0.1) is 5.02 Å². The molecular formula is C25H27ClN4O2. The minimum atomic E-state index is 0.0488. The number of halogens is 1. The molecule has 32 heavy (non-hydrogen) atoms. The van der Waals surface area contributed by atoms with Crippen molar-refractivity contribution in [1.82, 2.24) is 14.9 Å². The van der Waals surface area contributed by atoms with Crippen LogP contribution < -0.4 is 9.64 Å². The summed E-state index contributed by atoms with van der Waals surface area (Å²) < 4.78 is 5.91. The second-order valence-corrected chi connectivity index (χ2v) is 8.50. The number of nitrogens with zero attached hydrogens (tertiary/aromatic N) is 4. The summed E-state index contributed by atoms with van der Waals surface area (Å²) in [7, 11) is 0. The van der Waals surface area contributed by atoms with Gasteiger partial charge in [0.1, 0.15) is 17.9 Å². The zero-order chi connectivity index (χ0) is 22.7. The Morgan fingerprint density at radius 2 is 1.91 bits per heavy atom. The SMILES string of the molecule is CCc1ccc(C(=O)N2CCN(c3cc(Oc4cc(C)ccc4Cl)ncn3)C[C@H]2C)cc1. The van der Waals surface area contributed by atoms with Crippen LogP contribution >= 0.6 is 11.6 Å². The maximum absolute atomic E-state index is 13.0. The maximum atomic E-state index is 13.0. The fraction of sp³-hybridized carbons (Fsp3) is 0.320. The average Bonchev–Trinajstić information content (AvgIpc) is 2.81. The number of carbonyl (C=O) groups is 1. The van der Waals surface area contributed by atoms with E-state index in [1.807, 2.05) is 60.4 Å². The van der Waals surface area contributed by atoms with Gasteiger partial charge in [-0.2, -0.15) is 0 Å². The number of aromatic nitrogens is 2. The molecule has 6 nitrogen and oxygen atoms in total. The molecule has 1 aromatic heterocycles. The normalized spacial score (nSPS) is 16.2. The Labute approximate surface area is 193 Å². The molecule has 1 aliphatic rings. The van der Waals surface area contributed by atoms with Crippen LogP contribution in [0.2, 0.25) is 5.02 Å². The molecule has 2 aromatic carbocycles. The number of hydrogen-bond acceptors (Lipinski definition) is 5. The van der Waals surface area contributed by atoms with Gasteiger partial charge in [-0.1, -0.05) is 36.7 Å². The highest BCUT2D eigenvalue weighted by molar-refractivity contribution is 6.32. The summed E-state index contributed by atoms with van der Waals surface area (Å²) in [5.74, 6) is 1.84. The smallest absolute Gasteiger partial charge is 0.254 e. The van der Waals surface area contributed by atoms with Crippen LogP contribution in [-0.4, -0.2) is 46.5 Å². The van der Waals surface area contributed by atoms with Gasteiger partial charge in [-0.05, 0) is 55.7 Å². The Kier molecular flexibility index (Phi) is 6.61. The molecule has 1 fully saturated rings. The number of piperazine rings is 1. The van der Waals surface area contributed by atoms with E-state index >= 15 is 0 Å². The van der Waals surface area contributed by atoms with Crippen LogP contribution in [-0.2, 0) is 6.42 Å². The third-order valence-electron chi connectivity index (χ3n) is 5.75. The zero-order valence-corrected chi connectivity index (χ0v) is 19.3. The van der Waals surface area contributed by atoms with Gasteiger partial charge < -0.3 is 14.5 Å². The van der Waals surface area contributed by atoms with Gasteiger partial charge in [0.2, 0.25) is 5.88 Å². The van der Waals surface area contributed by atoms with Crippen LogP contribution in [0.1, 0.15) is 35.3 Å². The lowest BCUT2D eigenvalue weighted by molar-refractivity contribution is 0.0673. The van der Waals surface area contributed by atoms with Crippen molar-refractivity contribution in [3.63, 3.8) is 0 Å². The molecule has 0 bridgehead atoms. The molecule has 0 saturated carbocycles. The number of carbonyl (C=O) groups excluding carboxylic acids is 1. The third-order valence-corrected chi connectivity index (χ3v) is 6.06. The molecule has 3 aromatic rings. The lowest BCUT2D eigenvalue weighted by Gasteiger charge is -2.40. The van der Waals surface area contributed by atoms with Crippen molar-refractivity contribution in [2.45, 2.75) is 33.2 Å². The maximum Gasteiger partial charge on any atom is 0.254 e. The molecule has 7 heteroatoms. The first-order valence-corrected chi connectivity index (χ1v) is 11.2. The highest BCUT2D eigenvalue weighted by Crippen LogP contribution is 2.30. The Hall–Kier alpha value is -3.12. The quantitative estimate of drug-likeness (QED) is 0.538. The summed E-state index contributed by atoms with van der Waals surface area (Å²) in [4.78, 5) is 25.8. The Bertz CT molecular complexity index is 1100. The predicted octanol–water partition coefficient (Wildman–Crippen LogP) is 5.14. The topological polar surface area (TPSA) is 58.6 Å². The predicted molar refractivity (Wildman–Crippen MR) is 127 cm³/mol. The van der Waals surface area contributed by atoms with Crippen LogP contribution in [0.3, 0.4) is 0 Å². The molecule has 166 valence electrons. The number of benzene rings is 2. The second-order valence-electron chi connectivity index (χ2n) is 8.09. The molecule has 1 aliphatic heterocycles. The Morgan fingerprint density at radius 3 is 2.62 bits per heavy atom. The van der Waals surface area contributed by atoms with Crippen LogP contribution in [0.15, 0.2) is 54.9 Å². The summed E-state index contributed by atoms with van der Waals surface area (Å²) in [5, 5.41) is 0.531. The second kappa shape index (κ2) is 9.57. The minimum absolute atomic E-state index is 0.0488. The monoisotopic (exact) mass is 450 g/mol. The van der Waals surface area contributed by atoms with Gasteiger partial charge in [-0.15, -0.1) is 0 Å². The van der Waals surface area contributed by atoms with Crippen LogP contribution in [0.5, 0.6) is 11.6 Å². The highest BCUT2D eigenvalue weighted by Gasteiger charge is 2.29.